The number of carbonyl (C=O) groups is 1. The molecule has 0 fully saturated rings. The van der Waals surface area contributed by atoms with E-state index in [1.165, 1.54) is 0 Å². The van der Waals surface area contributed by atoms with Crippen LogP contribution in [0.5, 0.6) is 0 Å². The zero-order valence-electron chi connectivity index (χ0n) is 8.14. The van der Waals surface area contributed by atoms with Crippen LogP contribution in [-0.2, 0) is 16.0 Å². The number of esters is 1. The molecular formula is C10H13N3O2. The minimum Gasteiger partial charge on any atom is -0.392 e. The van der Waals surface area contributed by atoms with Crippen LogP contribution in [0.2, 0.25) is 0 Å². The Balaban J connectivity index is 2.52. The standard InChI is InChI=1S/C10H13N3O2/c11-8(9(14)15-10(12)13)6-7-4-2-1-3-5-7/h1-5,8H,6,11H2,(H3,12,13)/t8-/m0/s1. The third kappa shape index (κ3) is 3.78. The van der Waals surface area contributed by atoms with Gasteiger partial charge in [0.2, 0.25) is 0 Å². The summed E-state index contributed by atoms with van der Waals surface area (Å²) >= 11 is 0. The van der Waals surface area contributed by atoms with Crippen LogP contribution in [0.15, 0.2) is 30.3 Å². The summed E-state index contributed by atoms with van der Waals surface area (Å²) in [6.45, 7) is 0. The Bertz CT molecular complexity index is 351. The van der Waals surface area contributed by atoms with Crippen LogP contribution >= 0.6 is 0 Å². The topological polar surface area (TPSA) is 102 Å². The second-order valence-corrected chi connectivity index (χ2v) is 3.08. The zero-order valence-corrected chi connectivity index (χ0v) is 8.14. The van der Waals surface area contributed by atoms with Crippen LogP contribution in [0.3, 0.4) is 0 Å². The Morgan fingerprint density at radius 1 is 1.40 bits per heavy atom. The van der Waals surface area contributed by atoms with Gasteiger partial charge in [0, 0.05) is 0 Å². The van der Waals surface area contributed by atoms with Crippen LogP contribution in [0, 0.1) is 5.41 Å². The van der Waals surface area contributed by atoms with Crippen molar-refractivity contribution in [2.45, 2.75) is 12.5 Å². The Kier molecular flexibility index (Phi) is 3.82. The van der Waals surface area contributed by atoms with Crippen molar-refractivity contribution in [2.75, 3.05) is 0 Å². The molecule has 5 heteroatoms. The van der Waals surface area contributed by atoms with E-state index in [9.17, 15) is 4.79 Å². The summed E-state index contributed by atoms with van der Waals surface area (Å²) in [7, 11) is 0. The van der Waals surface area contributed by atoms with Gasteiger partial charge in [0.15, 0.2) is 0 Å². The molecule has 80 valence electrons. The number of hydrogen-bond acceptors (Lipinski definition) is 4. The highest BCUT2D eigenvalue weighted by Gasteiger charge is 2.16. The first-order chi connectivity index (χ1) is 7.09. The van der Waals surface area contributed by atoms with Gasteiger partial charge in [-0.25, -0.2) is 4.79 Å². The van der Waals surface area contributed by atoms with Crippen molar-refractivity contribution in [3.63, 3.8) is 0 Å². The molecule has 15 heavy (non-hydrogen) atoms. The minimum atomic E-state index is -0.795. The summed E-state index contributed by atoms with van der Waals surface area (Å²) < 4.78 is 4.38. The smallest absolute Gasteiger partial charge is 0.331 e. The predicted octanol–water partition coefficient (Wildman–Crippen LogP) is -0.00693. The van der Waals surface area contributed by atoms with E-state index >= 15 is 0 Å². The predicted molar refractivity (Wildman–Crippen MR) is 56.1 cm³/mol. The fraction of sp³-hybridized carbons (Fsp3) is 0.200. The number of ether oxygens (including phenoxy) is 1. The molecular weight excluding hydrogens is 194 g/mol. The molecule has 0 heterocycles. The summed E-state index contributed by atoms with van der Waals surface area (Å²) in [5, 5.41) is 6.78. The molecule has 5 N–H and O–H groups in total. The average molecular weight is 207 g/mol. The molecule has 0 aliphatic rings. The average Bonchev–Trinajstić information content (AvgIpc) is 2.18. The van der Waals surface area contributed by atoms with Gasteiger partial charge < -0.3 is 16.2 Å². The Hall–Kier alpha value is -1.88. The van der Waals surface area contributed by atoms with Gasteiger partial charge in [0.25, 0.3) is 6.02 Å². The van der Waals surface area contributed by atoms with E-state index in [0.717, 1.165) is 5.56 Å². The number of nitrogens with one attached hydrogen (secondary N) is 1. The molecule has 0 saturated heterocycles. The van der Waals surface area contributed by atoms with Gasteiger partial charge in [-0.05, 0) is 12.0 Å². The van der Waals surface area contributed by atoms with Crippen LogP contribution in [0.25, 0.3) is 0 Å². The number of nitrogens with two attached hydrogens (primary N) is 2. The molecule has 0 aromatic heterocycles. The highest BCUT2D eigenvalue weighted by Crippen LogP contribution is 2.02. The Morgan fingerprint density at radius 3 is 2.53 bits per heavy atom. The van der Waals surface area contributed by atoms with E-state index < -0.39 is 18.0 Å². The van der Waals surface area contributed by atoms with Crippen molar-refractivity contribution >= 4 is 12.0 Å². The minimum absolute atomic E-state index is 0.368. The monoisotopic (exact) mass is 207 g/mol. The van der Waals surface area contributed by atoms with Gasteiger partial charge in [-0.2, -0.15) is 0 Å². The van der Waals surface area contributed by atoms with E-state index in [2.05, 4.69) is 4.74 Å². The third-order valence-electron chi connectivity index (χ3n) is 1.81. The lowest BCUT2D eigenvalue weighted by Crippen LogP contribution is -2.37. The van der Waals surface area contributed by atoms with Crippen molar-refractivity contribution in [2.24, 2.45) is 11.5 Å². The van der Waals surface area contributed by atoms with Gasteiger partial charge in [0.05, 0.1) is 0 Å². The molecule has 0 amide bonds. The molecule has 1 aromatic carbocycles. The number of carbonyl (C=O) groups excluding carboxylic acids is 1. The molecule has 1 atom stereocenters. The Labute approximate surface area is 87.5 Å². The van der Waals surface area contributed by atoms with Crippen molar-refractivity contribution in [3.8, 4) is 0 Å². The lowest BCUT2D eigenvalue weighted by atomic mass is 10.1. The summed E-state index contributed by atoms with van der Waals surface area (Å²) in [4.78, 5) is 11.2. The first-order valence-electron chi connectivity index (χ1n) is 4.45. The summed E-state index contributed by atoms with van der Waals surface area (Å²) in [6.07, 6.45) is 0.368. The quantitative estimate of drug-likeness (QED) is 0.368. The summed E-state index contributed by atoms with van der Waals surface area (Å²) in [5.74, 6) is -0.689. The molecule has 0 bridgehead atoms. The SMILES string of the molecule is N=C(N)OC(=O)[C@@H](N)Cc1ccccc1. The van der Waals surface area contributed by atoms with Gasteiger partial charge >= 0.3 is 5.97 Å². The van der Waals surface area contributed by atoms with Gasteiger partial charge in [0.1, 0.15) is 6.04 Å². The van der Waals surface area contributed by atoms with E-state index in [-0.39, 0.29) is 0 Å². The second-order valence-electron chi connectivity index (χ2n) is 3.08. The van der Waals surface area contributed by atoms with Crippen molar-refractivity contribution < 1.29 is 9.53 Å². The first kappa shape index (κ1) is 11.2. The number of amidine groups is 1. The number of hydrogen-bond donors (Lipinski definition) is 3. The molecule has 0 saturated carbocycles. The lowest BCUT2D eigenvalue weighted by Gasteiger charge is -2.09. The number of rotatable bonds is 3. The van der Waals surface area contributed by atoms with E-state index in [1.807, 2.05) is 30.3 Å². The Morgan fingerprint density at radius 2 is 2.00 bits per heavy atom. The molecule has 0 aliphatic heterocycles. The molecule has 0 radical (unpaired) electrons. The molecule has 1 rings (SSSR count). The highest BCUT2D eigenvalue weighted by atomic mass is 16.6. The zero-order chi connectivity index (χ0) is 11.3. The van der Waals surface area contributed by atoms with E-state index in [4.69, 9.17) is 16.9 Å². The second kappa shape index (κ2) is 5.11. The highest BCUT2D eigenvalue weighted by molar-refractivity contribution is 5.87. The van der Waals surface area contributed by atoms with Crippen molar-refractivity contribution in [1.82, 2.24) is 0 Å². The molecule has 0 spiro atoms. The fourth-order valence-electron chi connectivity index (χ4n) is 1.14. The maximum Gasteiger partial charge on any atom is 0.331 e. The van der Waals surface area contributed by atoms with Crippen LogP contribution < -0.4 is 11.5 Å². The lowest BCUT2D eigenvalue weighted by molar-refractivity contribution is -0.137. The van der Waals surface area contributed by atoms with E-state index in [0.29, 0.717) is 6.42 Å². The molecule has 1 aromatic rings. The first-order valence-corrected chi connectivity index (χ1v) is 4.45. The third-order valence-corrected chi connectivity index (χ3v) is 1.81. The normalized spacial score (nSPS) is 11.8. The van der Waals surface area contributed by atoms with Crippen LogP contribution in [0.1, 0.15) is 5.56 Å². The van der Waals surface area contributed by atoms with Crippen molar-refractivity contribution in [3.05, 3.63) is 35.9 Å². The molecule has 0 unspecified atom stereocenters. The molecule has 5 nitrogen and oxygen atoms in total. The maximum absolute atomic E-state index is 11.2. The number of benzene rings is 1. The van der Waals surface area contributed by atoms with Gasteiger partial charge in [-0.1, -0.05) is 30.3 Å². The van der Waals surface area contributed by atoms with Crippen LogP contribution in [0.4, 0.5) is 0 Å². The van der Waals surface area contributed by atoms with Crippen molar-refractivity contribution in [1.29, 1.82) is 5.41 Å². The maximum atomic E-state index is 11.2. The van der Waals surface area contributed by atoms with E-state index in [1.54, 1.807) is 0 Å². The van der Waals surface area contributed by atoms with Crippen LogP contribution in [-0.4, -0.2) is 18.0 Å². The summed E-state index contributed by atoms with van der Waals surface area (Å²) in [6, 6.07) is 7.89. The van der Waals surface area contributed by atoms with Gasteiger partial charge in [-0.15, -0.1) is 0 Å². The van der Waals surface area contributed by atoms with Gasteiger partial charge in [-0.3, -0.25) is 5.41 Å². The molecule has 0 aliphatic carbocycles. The summed E-state index contributed by atoms with van der Waals surface area (Å²) in [5.41, 5.74) is 11.4. The largest absolute Gasteiger partial charge is 0.392 e. The fourth-order valence-corrected chi connectivity index (χ4v) is 1.14.